The molecule has 46 heavy (non-hydrogen) atoms. The normalized spacial score (nSPS) is 18.9. The summed E-state index contributed by atoms with van der Waals surface area (Å²) < 4.78 is 7.66. The maximum absolute atomic E-state index is 14.9. The standard InChI is InChI=1S/C37H43N5O4/c1-26-38-32(33(28-14-9-6-10-15-28)42(26)30-17-11-16-29(25-30)39-20-22-46-23-21-39)35(43)40-18-19-41(36(44)45)34(37(2,3)4)31(40)24-27-12-7-5-8-13-27/h5-17,25,31,34H,18-24H2,1-4H3,(H,44,45)/t31-,34?/m1/s1. The van der Waals surface area contributed by atoms with E-state index in [1.54, 1.807) is 0 Å². The zero-order valence-electron chi connectivity index (χ0n) is 27.1. The van der Waals surface area contributed by atoms with Gasteiger partial charge in [-0.25, -0.2) is 9.78 Å². The number of piperazine rings is 1. The minimum absolute atomic E-state index is 0.190. The van der Waals surface area contributed by atoms with Gasteiger partial charge in [0.1, 0.15) is 5.82 Å². The van der Waals surface area contributed by atoms with Crippen molar-refractivity contribution in [3.63, 3.8) is 0 Å². The van der Waals surface area contributed by atoms with Gasteiger partial charge in [0.05, 0.1) is 31.0 Å². The first-order chi connectivity index (χ1) is 22.1. The molecule has 1 unspecified atom stereocenters. The van der Waals surface area contributed by atoms with Crippen molar-refractivity contribution in [1.82, 2.24) is 19.4 Å². The van der Waals surface area contributed by atoms with Crippen molar-refractivity contribution >= 4 is 17.7 Å². The molecule has 0 bridgehead atoms. The van der Waals surface area contributed by atoms with Crippen molar-refractivity contribution in [2.75, 3.05) is 44.3 Å². The third-order valence-electron chi connectivity index (χ3n) is 9.12. The summed E-state index contributed by atoms with van der Waals surface area (Å²) in [5.41, 5.74) is 4.64. The number of anilines is 1. The number of carbonyl (C=O) groups excluding carboxylic acids is 1. The molecule has 2 saturated heterocycles. The molecule has 1 N–H and O–H groups in total. The number of hydrogen-bond donors (Lipinski definition) is 1. The number of morpholine rings is 1. The molecule has 1 aromatic heterocycles. The zero-order valence-corrected chi connectivity index (χ0v) is 27.1. The number of ether oxygens (including phenoxy) is 1. The van der Waals surface area contributed by atoms with E-state index < -0.39 is 23.6 Å². The van der Waals surface area contributed by atoms with Gasteiger partial charge in [-0.2, -0.15) is 0 Å². The fraction of sp³-hybridized carbons (Fsp3) is 0.378. The molecule has 0 spiro atoms. The smallest absolute Gasteiger partial charge is 0.407 e. The lowest BCUT2D eigenvalue weighted by molar-refractivity contribution is -0.0146. The van der Waals surface area contributed by atoms with Crippen molar-refractivity contribution in [3.05, 3.63) is 102 Å². The Bertz CT molecular complexity index is 1680. The van der Waals surface area contributed by atoms with Crippen LogP contribution in [0.1, 0.15) is 42.6 Å². The lowest BCUT2D eigenvalue weighted by atomic mass is 9.77. The van der Waals surface area contributed by atoms with Crippen LogP contribution in [0.15, 0.2) is 84.9 Å². The SMILES string of the molecule is Cc1nc(C(=O)N2CCN(C(=O)O)C(C(C)(C)C)[C@H]2Cc2ccccc2)c(-c2ccccc2)n1-c1cccc(N2CCOCC2)c1. The van der Waals surface area contributed by atoms with Crippen LogP contribution in [-0.2, 0) is 11.2 Å². The molecule has 0 saturated carbocycles. The van der Waals surface area contributed by atoms with E-state index in [1.807, 2.05) is 78.6 Å². The van der Waals surface area contributed by atoms with Crippen LogP contribution in [0.4, 0.5) is 10.5 Å². The molecule has 240 valence electrons. The fourth-order valence-electron chi connectivity index (χ4n) is 7.13. The van der Waals surface area contributed by atoms with Gasteiger partial charge in [0, 0.05) is 43.1 Å². The zero-order chi connectivity index (χ0) is 32.4. The van der Waals surface area contributed by atoms with Crippen molar-refractivity contribution < 1.29 is 19.4 Å². The van der Waals surface area contributed by atoms with Gasteiger partial charge in [-0.15, -0.1) is 0 Å². The average molecular weight is 622 g/mol. The molecule has 9 heteroatoms. The van der Waals surface area contributed by atoms with E-state index in [1.165, 1.54) is 4.90 Å². The van der Waals surface area contributed by atoms with Crippen LogP contribution < -0.4 is 4.90 Å². The second-order valence-electron chi connectivity index (χ2n) is 13.2. The Balaban J connectivity index is 1.47. The summed E-state index contributed by atoms with van der Waals surface area (Å²) in [6.07, 6.45) is -0.435. The highest BCUT2D eigenvalue weighted by molar-refractivity contribution is 5.99. The van der Waals surface area contributed by atoms with Gasteiger partial charge < -0.3 is 24.5 Å². The molecule has 3 heterocycles. The second-order valence-corrected chi connectivity index (χ2v) is 13.2. The third kappa shape index (κ3) is 6.24. The first kappa shape index (κ1) is 31.4. The summed E-state index contributed by atoms with van der Waals surface area (Å²) in [5.74, 6) is 0.516. The molecule has 2 amide bonds. The maximum Gasteiger partial charge on any atom is 0.407 e. The summed E-state index contributed by atoms with van der Waals surface area (Å²) in [6, 6.07) is 27.5. The lowest BCUT2D eigenvalue weighted by Crippen LogP contribution is -2.66. The number of aryl methyl sites for hydroxylation is 1. The van der Waals surface area contributed by atoms with Crippen molar-refractivity contribution in [1.29, 1.82) is 0 Å². The highest BCUT2D eigenvalue weighted by atomic mass is 16.5. The topological polar surface area (TPSA) is 91.1 Å². The molecule has 0 radical (unpaired) electrons. The largest absolute Gasteiger partial charge is 0.465 e. The Hall–Kier alpha value is -4.63. The third-order valence-corrected chi connectivity index (χ3v) is 9.12. The van der Waals surface area contributed by atoms with E-state index in [0.717, 1.165) is 41.3 Å². The lowest BCUT2D eigenvalue weighted by Gasteiger charge is -2.51. The number of rotatable bonds is 6. The summed E-state index contributed by atoms with van der Waals surface area (Å²) in [6.45, 7) is 11.6. The van der Waals surface area contributed by atoms with E-state index in [2.05, 4.69) is 48.4 Å². The monoisotopic (exact) mass is 621 g/mol. The van der Waals surface area contributed by atoms with Crippen molar-refractivity contribution in [2.24, 2.45) is 5.41 Å². The predicted molar refractivity (Wildman–Crippen MR) is 180 cm³/mol. The van der Waals surface area contributed by atoms with Crippen LogP contribution in [0.25, 0.3) is 16.9 Å². The first-order valence-corrected chi connectivity index (χ1v) is 16.1. The van der Waals surface area contributed by atoms with Crippen molar-refractivity contribution in [3.8, 4) is 16.9 Å². The summed E-state index contributed by atoms with van der Waals surface area (Å²) in [4.78, 5) is 38.1. The molecule has 3 aromatic carbocycles. The quantitative estimate of drug-likeness (QED) is 0.278. The highest BCUT2D eigenvalue weighted by Gasteiger charge is 2.47. The molecule has 2 fully saturated rings. The number of carbonyl (C=O) groups is 2. The second kappa shape index (κ2) is 13.0. The Morgan fingerprint density at radius 3 is 2.13 bits per heavy atom. The predicted octanol–water partition coefficient (Wildman–Crippen LogP) is 6.15. The maximum atomic E-state index is 14.9. The summed E-state index contributed by atoms with van der Waals surface area (Å²) >= 11 is 0. The number of imidazole rings is 1. The van der Waals surface area contributed by atoms with Crippen LogP contribution in [0.3, 0.4) is 0 Å². The number of nitrogens with zero attached hydrogens (tertiary/aromatic N) is 5. The Morgan fingerprint density at radius 2 is 1.48 bits per heavy atom. The molecule has 2 atom stereocenters. The van der Waals surface area contributed by atoms with Gasteiger partial charge in [0.2, 0.25) is 0 Å². The minimum Gasteiger partial charge on any atom is -0.465 e. The summed E-state index contributed by atoms with van der Waals surface area (Å²) in [5, 5.41) is 10.3. The van der Waals surface area contributed by atoms with E-state index in [-0.39, 0.29) is 19.0 Å². The van der Waals surface area contributed by atoms with E-state index in [9.17, 15) is 14.7 Å². The minimum atomic E-state index is -0.963. The van der Waals surface area contributed by atoms with Gasteiger partial charge in [0.25, 0.3) is 5.91 Å². The van der Waals surface area contributed by atoms with E-state index in [0.29, 0.717) is 31.2 Å². The van der Waals surface area contributed by atoms with Crippen LogP contribution >= 0.6 is 0 Å². The first-order valence-electron chi connectivity index (χ1n) is 16.1. The van der Waals surface area contributed by atoms with Gasteiger partial charge in [0.15, 0.2) is 5.69 Å². The van der Waals surface area contributed by atoms with Gasteiger partial charge in [-0.05, 0) is 42.5 Å². The van der Waals surface area contributed by atoms with Gasteiger partial charge in [-0.3, -0.25) is 9.36 Å². The molecule has 0 aliphatic carbocycles. The van der Waals surface area contributed by atoms with Crippen LogP contribution in [-0.4, -0.2) is 87.9 Å². The number of hydrogen-bond acceptors (Lipinski definition) is 5. The Morgan fingerprint density at radius 1 is 0.848 bits per heavy atom. The highest BCUT2D eigenvalue weighted by Crippen LogP contribution is 2.37. The van der Waals surface area contributed by atoms with Gasteiger partial charge in [-0.1, -0.05) is 87.5 Å². The van der Waals surface area contributed by atoms with Crippen LogP contribution in [0.5, 0.6) is 0 Å². The molecule has 9 nitrogen and oxygen atoms in total. The average Bonchev–Trinajstić information content (AvgIpc) is 3.42. The number of amides is 2. The van der Waals surface area contributed by atoms with Crippen molar-refractivity contribution in [2.45, 2.75) is 46.2 Å². The van der Waals surface area contributed by atoms with E-state index >= 15 is 0 Å². The Labute approximate surface area is 271 Å². The molecule has 4 aromatic rings. The molecule has 6 rings (SSSR count). The Kier molecular flexibility index (Phi) is 8.86. The van der Waals surface area contributed by atoms with Gasteiger partial charge >= 0.3 is 6.09 Å². The number of benzene rings is 3. The molecular formula is C37H43N5O4. The molecule has 2 aliphatic heterocycles. The summed E-state index contributed by atoms with van der Waals surface area (Å²) in [7, 11) is 0. The number of carboxylic acid groups (broad SMARTS) is 1. The molecular weight excluding hydrogens is 578 g/mol. The fourth-order valence-corrected chi connectivity index (χ4v) is 7.13. The van der Waals surface area contributed by atoms with Crippen LogP contribution in [0, 0.1) is 12.3 Å². The van der Waals surface area contributed by atoms with E-state index in [4.69, 9.17) is 9.72 Å². The number of aromatic nitrogens is 2. The molecule has 2 aliphatic rings. The van der Waals surface area contributed by atoms with Crippen LogP contribution in [0.2, 0.25) is 0 Å².